The standard InChI is InChI=1S/C13H21NO/c1-9-5-6-10(13(2,3)4)7-11(9)12(14)8-15/h5-7,12,15H,8,14H2,1-4H3. The number of aryl methyl sites for hydroxylation is 1. The molecule has 1 rings (SSSR count). The SMILES string of the molecule is Cc1ccc(C(C)(C)C)cc1C(N)CO. The summed E-state index contributed by atoms with van der Waals surface area (Å²) in [6.07, 6.45) is 0. The first-order valence-corrected chi connectivity index (χ1v) is 5.33. The molecular weight excluding hydrogens is 186 g/mol. The molecular formula is C13H21NO. The predicted octanol–water partition coefficient (Wildman–Crippen LogP) is 2.28. The molecule has 0 amide bonds. The zero-order chi connectivity index (χ0) is 11.6. The molecule has 0 aliphatic rings. The van der Waals surface area contributed by atoms with Crippen molar-refractivity contribution < 1.29 is 5.11 Å². The van der Waals surface area contributed by atoms with Crippen LogP contribution in [0.1, 0.15) is 43.5 Å². The quantitative estimate of drug-likeness (QED) is 0.781. The van der Waals surface area contributed by atoms with Gasteiger partial charge >= 0.3 is 0 Å². The summed E-state index contributed by atoms with van der Waals surface area (Å²) in [5.74, 6) is 0. The van der Waals surface area contributed by atoms with Crippen LogP contribution in [-0.4, -0.2) is 11.7 Å². The van der Waals surface area contributed by atoms with Gasteiger partial charge in [0.25, 0.3) is 0 Å². The van der Waals surface area contributed by atoms with E-state index in [4.69, 9.17) is 10.8 Å². The minimum Gasteiger partial charge on any atom is -0.394 e. The Bertz CT molecular complexity index is 339. The molecule has 0 aliphatic carbocycles. The zero-order valence-corrected chi connectivity index (χ0v) is 10.0. The van der Waals surface area contributed by atoms with Crippen LogP contribution in [0.15, 0.2) is 18.2 Å². The molecule has 2 nitrogen and oxygen atoms in total. The number of rotatable bonds is 2. The number of aliphatic hydroxyl groups excluding tert-OH is 1. The van der Waals surface area contributed by atoms with Gasteiger partial charge in [-0.15, -0.1) is 0 Å². The Morgan fingerprint density at radius 3 is 2.40 bits per heavy atom. The van der Waals surface area contributed by atoms with Crippen molar-refractivity contribution in [3.8, 4) is 0 Å². The normalized spacial score (nSPS) is 14.0. The summed E-state index contributed by atoms with van der Waals surface area (Å²) >= 11 is 0. The Balaban J connectivity index is 3.17. The van der Waals surface area contributed by atoms with Gasteiger partial charge < -0.3 is 10.8 Å². The summed E-state index contributed by atoms with van der Waals surface area (Å²) in [7, 11) is 0. The van der Waals surface area contributed by atoms with Gasteiger partial charge in [-0.2, -0.15) is 0 Å². The topological polar surface area (TPSA) is 46.2 Å². The van der Waals surface area contributed by atoms with Crippen LogP contribution >= 0.6 is 0 Å². The fourth-order valence-corrected chi connectivity index (χ4v) is 1.60. The largest absolute Gasteiger partial charge is 0.394 e. The molecule has 84 valence electrons. The van der Waals surface area contributed by atoms with Crippen molar-refractivity contribution in [3.05, 3.63) is 34.9 Å². The maximum atomic E-state index is 9.08. The molecule has 0 radical (unpaired) electrons. The Labute approximate surface area is 92.1 Å². The molecule has 0 aliphatic heterocycles. The smallest absolute Gasteiger partial charge is 0.0624 e. The summed E-state index contributed by atoms with van der Waals surface area (Å²) < 4.78 is 0. The van der Waals surface area contributed by atoms with E-state index in [1.54, 1.807) is 0 Å². The van der Waals surface area contributed by atoms with E-state index in [9.17, 15) is 0 Å². The summed E-state index contributed by atoms with van der Waals surface area (Å²) in [6, 6.07) is 6.04. The highest BCUT2D eigenvalue weighted by atomic mass is 16.3. The summed E-state index contributed by atoms with van der Waals surface area (Å²) in [5, 5.41) is 9.08. The minimum atomic E-state index is -0.271. The van der Waals surface area contributed by atoms with E-state index < -0.39 is 0 Å². The van der Waals surface area contributed by atoms with Gasteiger partial charge in [0.05, 0.1) is 12.6 Å². The van der Waals surface area contributed by atoms with Crippen LogP contribution in [-0.2, 0) is 5.41 Å². The predicted molar refractivity (Wildman–Crippen MR) is 63.9 cm³/mol. The molecule has 1 aromatic rings. The first kappa shape index (κ1) is 12.2. The second kappa shape index (κ2) is 4.33. The van der Waals surface area contributed by atoms with E-state index >= 15 is 0 Å². The summed E-state index contributed by atoms with van der Waals surface area (Å²) in [4.78, 5) is 0. The van der Waals surface area contributed by atoms with Gasteiger partial charge in [-0.25, -0.2) is 0 Å². The molecule has 1 atom stereocenters. The van der Waals surface area contributed by atoms with Crippen molar-refractivity contribution in [2.24, 2.45) is 5.73 Å². The lowest BCUT2D eigenvalue weighted by molar-refractivity contribution is 0.267. The second-order valence-electron chi connectivity index (χ2n) is 5.11. The Morgan fingerprint density at radius 2 is 1.93 bits per heavy atom. The van der Waals surface area contributed by atoms with Crippen molar-refractivity contribution in [2.45, 2.75) is 39.2 Å². The van der Waals surface area contributed by atoms with E-state index in [1.807, 2.05) is 6.92 Å². The van der Waals surface area contributed by atoms with E-state index in [0.717, 1.165) is 11.1 Å². The zero-order valence-electron chi connectivity index (χ0n) is 10.0. The third-order valence-electron chi connectivity index (χ3n) is 2.74. The molecule has 0 fully saturated rings. The van der Waals surface area contributed by atoms with Crippen LogP contribution in [0.5, 0.6) is 0 Å². The third kappa shape index (κ3) is 2.80. The third-order valence-corrected chi connectivity index (χ3v) is 2.74. The van der Waals surface area contributed by atoms with Gasteiger partial charge in [0.1, 0.15) is 0 Å². The highest BCUT2D eigenvalue weighted by molar-refractivity contribution is 5.36. The Hall–Kier alpha value is -0.860. The molecule has 15 heavy (non-hydrogen) atoms. The number of hydrogen-bond donors (Lipinski definition) is 2. The molecule has 0 bridgehead atoms. The van der Waals surface area contributed by atoms with Crippen molar-refractivity contribution in [2.75, 3.05) is 6.61 Å². The van der Waals surface area contributed by atoms with E-state index in [2.05, 4.69) is 39.0 Å². The molecule has 1 unspecified atom stereocenters. The molecule has 0 heterocycles. The average Bonchev–Trinajstić information content (AvgIpc) is 2.15. The van der Waals surface area contributed by atoms with Gasteiger partial charge in [-0.1, -0.05) is 39.0 Å². The van der Waals surface area contributed by atoms with Crippen molar-refractivity contribution in [1.29, 1.82) is 0 Å². The van der Waals surface area contributed by atoms with E-state index in [0.29, 0.717) is 0 Å². The van der Waals surface area contributed by atoms with Crippen molar-refractivity contribution >= 4 is 0 Å². The first-order valence-electron chi connectivity index (χ1n) is 5.33. The second-order valence-corrected chi connectivity index (χ2v) is 5.11. The highest BCUT2D eigenvalue weighted by Gasteiger charge is 2.16. The lowest BCUT2D eigenvalue weighted by Gasteiger charge is -2.22. The minimum absolute atomic E-state index is 0.00552. The molecule has 3 N–H and O–H groups in total. The monoisotopic (exact) mass is 207 g/mol. The molecule has 2 heteroatoms. The van der Waals surface area contributed by atoms with Crippen LogP contribution in [0.2, 0.25) is 0 Å². The lowest BCUT2D eigenvalue weighted by atomic mass is 9.84. The van der Waals surface area contributed by atoms with Crippen LogP contribution in [0, 0.1) is 6.92 Å². The molecule has 1 aromatic carbocycles. The fourth-order valence-electron chi connectivity index (χ4n) is 1.60. The van der Waals surface area contributed by atoms with Crippen LogP contribution in [0.25, 0.3) is 0 Å². The van der Waals surface area contributed by atoms with Crippen molar-refractivity contribution in [3.63, 3.8) is 0 Å². The highest BCUT2D eigenvalue weighted by Crippen LogP contribution is 2.26. The van der Waals surface area contributed by atoms with Gasteiger partial charge in [-0.3, -0.25) is 0 Å². The summed E-state index contributed by atoms with van der Waals surface area (Å²) in [6.45, 7) is 8.54. The van der Waals surface area contributed by atoms with E-state index in [-0.39, 0.29) is 18.1 Å². The van der Waals surface area contributed by atoms with Crippen LogP contribution in [0.4, 0.5) is 0 Å². The molecule has 0 saturated carbocycles. The van der Waals surface area contributed by atoms with Gasteiger partial charge in [0, 0.05) is 0 Å². The number of hydrogen-bond acceptors (Lipinski definition) is 2. The van der Waals surface area contributed by atoms with Crippen molar-refractivity contribution in [1.82, 2.24) is 0 Å². The lowest BCUT2D eigenvalue weighted by Crippen LogP contribution is -2.18. The van der Waals surface area contributed by atoms with E-state index in [1.165, 1.54) is 5.56 Å². The Morgan fingerprint density at radius 1 is 1.33 bits per heavy atom. The number of aliphatic hydroxyl groups is 1. The average molecular weight is 207 g/mol. The first-order chi connectivity index (χ1) is 6.86. The van der Waals surface area contributed by atoms with Gasteiger partial charge in [-0.05, 0) is 29.0 Å². The van der Waals surface area contributed by atoms with Gasteiger partial charge in [0.15, 0.2) is 0 Å². The number of benzene rings is 1. The van der Waals surface area contributed by atoms with Crippen LogP contribution in [0.3, 0.4) is 0 Å². The maximum absolute atomic E-state index is 9.08. The fraction of sp³-hybridized carbons (Fsp3) is 0.538. The number of nitrogens with two attached hydrogens (primary N) is 1. The molecule has 0 spiro atoms. The summed E-state index contributed by atoms with van der Waals surface area (Å²) in [5.41, 5.74) is 9.43. The molecule has 0 saturated heterocycles. The molecule has 0 aromatic heterocycles. The maximum Gasteiger partial charge on any atom is 0.0624 e. The Kier molecular flexibility index (Phi) is 3.53. The van der Waals surface area contributed by atoms with Crippen LogP contribution < -0.4 is 5.73 Å². The van der Waals surface area contributed by atoms with Gasteiger partial charge in [0.2, 0.25) is 0 Å².